The monoisotopic (exact) mass is 236 g/mol. The lowest BCUT2D eigenvalue weighted by Gasteiger charge is -2.08. The van der Waals surface area contributed by atoms with Gasteiger partial charge in [-0.25, -0.2) is 4.98 Å². The highest BCUT2D eigenvalue weighted by Crippen LogP contribution is 2.25. The Kier molecular flexibility index (Phi) is 3.24. The van der Waals surface area contributed by atoms with Crippen LogP contribution in [0.25, 0.3) is 10.2 Å². The van der Waals surface area contributed by atoms with E-state index >= 15 is 0 Å². The first-order chi connectivity index (χ1) is 7.66. The molecule has 3 N–H and O–H groups in total. The number of thiophene rings is 1. The first-order valence-corrected chi connectivity index (χ1v) is 6.29. The lowest BCUT2D eigenvalue weighted by atomic mass is 10.1. The molecule has 0 spiro atoms. The zero-order valence-electron chi connectivity index (χ0n) is 9.53. The van der Waals surface area contributed by atoms with E-state index in [9.17, 15) is 0 Å². The van der Waals surface area contributed by atoms with Crippen LogP contribution >= 0.6 is 11.3 Å². The van der Waals surface area contributed by atoms with Crippen LogP contribution in [0.4, 0.5) is 11.8 Å². The summed E-state index contributed by atoms with van der Waals surface area (Å²) in [7, 11) is 0. The van der Waals surface area contributed by atoms with Gasteiger partial charge in [0.15, 0.2) is 0 Å². The highest BCUT2D eigenvalue weighted by Gasteiger charge is 2.06. The summed E-state index contributed by atoms with van der Waals surface area (Å²) in [5.74, 6) is 1.87. The SMILES string of the molecule is CC(C)CCNc1nc(N)nc2sccc12. The average Bonchev–Trinajstić information content (AvgIpc) is 2.64. The summed E-state index contributed by atoms with van der Waals surface area (Å²) in [5, 5.41) is 6.39. The quantitative estimate of drug-likeness (QED) is 0.856. The average molecular weight is 236 g/mol. The van der Waals surface area contributed by atoms with Gasteiger partial charge in [0.2, 0.25) is 5.95 Å². The third-order valence-corrected chi connectivity index (χ3v) is 3.16. The zero-order chi connectivity index (χ0) is 11.5. The topological polar surface area (TPSA) is 63.8 Å². The van der Waals surface area contributed by atoms with Crippen molar-refractivity contribution >= 4 is 33.3 Å². The third kappa shape index (κ3) is 2.41. The standard InChI is InChI=1S/C11H16N4S/c1-7(2)3-5-13-9-8-4-6-16-10(8)15-11(12)14-9/h4,6-7H,3,5H2,1-2H3,(H3,12,13,14,15). The van der Waals surface area contributed by atoms with Crippen LogP contribution in [0.15, 0.2) is 11.4 Å². The largest absolute Gasteiger partial charge is 0.369 e. The Morgan fingerprint density at radius 1 is 1.44 bits per heavy atom. The van der Waals surface area contributed by atoms with Crippen molar-refractivity contribution < 1.29 is 0 Å². The van der Waals surface area contributed by atoms with E-state index in [-0.39, 0.29) is 0 Å². The van der Waals surface area contributed by atoms with Gasteiger partial charge in [0.25, 0.3) is 0 Å². The summed E-state index contributed by atoms with van der Waals surface area (Å²) in [5.41, 5.74) is 5.66. The van der Waals surface area contributed by atoms with E-state index in [0.29, 0.717) is 11.9 Å². The van der Waals surface area contributed by atoms with E-state index in [1.165, 1.54) is 0 Å². The molecule has 0 radical (unpaired) electrons. The lowest BCUT2D eigenvalue weighted by molar-refractivity contribution is 0.607. The molecule has 0 aliphatic rings. The molecule has 16 heavy (non-hydrogen) atoms. The van der Waals surface area contributed by atoms with Crippen LogP contribution in [-0.2, 0) is 0 Å². The first kappa shape index (κ1) is 11.1. The van der Waals surface area contributed by atoms with Gasteiger partial charge in [-0.05, 0) is 23.8 Å². The van der Waals surface area contributed by atoms with Crippen LogP contribution in [-0.4, -0.2) is 16.5 Å². The molecule has 0 aliphatic heterocycles. The van der Waals surface area contributed by atoms with Gasteiger partial charge in [-0.3, -0.25) is 0 Å². The van der Waals surface area contributed by atoms with Crippen LogP contribution in [0.2, 0.25) is 0 Å². The van der Waals surface area contributed by atoms with Crippen LogP contribution in [0.3, 0.4) is 0 Å². The summed E-state index contributed by atoms with van der Waals surface area (Å²) in [4.78, 5) is 9.36. The van der Waals surface area contributed by atoms with E-state index in [1.807, 2.05) is 11.4 Å². The number of hydrogen-bond donors (Lipinski definition) is 2. The Labute approximate surface area is 98.9 Å². The third-order valence-electron chi connectivity index (χ3n) is 2.36. The van der Waals surface area contributed by atoms with Crippen molar-refractivity contribution in [2.24, 2.45) is 5.92 Å². The highest BCUT2D eigenvalue weighted by molar-refractivity contribution is 7.16. The van der Waals surface area contributed by atoms with E-state index in [4.69, 9.17) is 5.73 Å². The molecule has 0 amide bonds. The number of nitrogens with two attached hydrogens (primary N) is 1. The van der Waals surface area contributed by atoms with Gasteiger partial charge in [0.1, 0.15) is 10.6 Å². The van der Waals surface area contributed by atoms with Gasteiger partial charge in [-0.1, -0.05) is 13.8 Å². The van der Waals surface area contributed by atoms with E-state index in [2.05, 4.69) is 29.1 Å². The van der Waals surface area contributed by atoms with Gasteiger partial charge < -0.3 is 11.1 Å². The summed E-state index contributed by atoms with van der Waals surface area (Å²) in [6.45, 7) is 5.32. The van der Waals surface area contributed by atoms with Crippen molar-refractivity contribution in [3.8, 4) is 0 Å². The van der Waals surface area contributed by atoms with Gasteiger partial charge in [-0.15, -0.1) is 11.3 Å². The smallest absolute Gasteiger partial charge is 0.223 e. The van der Waals surface area contributed by atoms with Crippen LogP contribution in [0.5, 0.6) is 0 Å². The molecule has 2 aromatic heterocycles. The van der Waals surface area contributed by atoms with Crippen molar-refractivity contribution in [1.82, 2.24) is 9.97 Å². The summed E-state index contributed by atoms with van der Waals surface area (Å²) < 4.78 is 0. The minimum Gasteiger partial charge on any atom is -0.369 e. The van der Waals surface area contributed by atoms with Gasteiger partial charge in [0, 0.05) is 6.54 Å². The summed E-state index contributed by atoms with van der Waals surface area (Å²) in [6.07, 6.45) is 1.12. The Bertz CT molecular complexity index is 478. The van der Waals surface area contributed by atoms with E-state index in [0.717, 1.165) is 29.0 Å². The second-order valence-corrected chi connectivity index (χ2v) is 5.07. The van der Waals surface area contributed by atoms with Crippen molar-refractivity contribution in [3.63, 3.8) is 0 Å². The van der Waals surface area contributed by atoms with Crippen LogP contribution < -0.4 is 11.1 Å². The molecular weight excluding hydrogens is 220 g/mol. The minimum atomic E-state index is 0.335. The van der Waals surface area contributed by atoms with Gasteiger partial charge >= 0.3 is 0 Å². The lowest BCUT2D eigenvalue weighted by Crippen LogP contribution is -2.08. The molecule has 0 fully saturated rings. The number of aromatic nitrogens is 2. The second kappa shape index (κ2) is 4.65. The number of rotatable bonds is 4. The van der Waals surface area contributed by atoms with Crippen LogP contribution in [0.1, 0.15) is 20.3 Å². The second-order valence-electron chi connectivity index (χ2n) is 4.18. The van der Waals surface area contributed by atoms with Gasteiger partial charge in [-0.2, -0.15) is 4.98 Å². The number of nitrogen functional groups attached to an aromatic ring is 1. The maximum Gasteiger partial charge on any atom is 0.223 e. The Hall–Kier alpha value is -1.36. The molecule has 0 saturated heterocycles. The Morgan fingerprint density at radius 2 is 2.25 bits per heavy atom. The molecule has 2 aromatic rings. The molecule has 0 aromatic carbocycles. The van der Waals surface area contributed by atoms with E-state index in [1.54, 1.807) is 11.3 Å². The number of nitrogens with one attached hydrogen (secondary N) is 1. The molecule has 2 rings (SSSR count). The summed E-state index contributed by atoms with van der Waals surface area (Å²) in [6, 6.07) is 2.02. The molecule has 0 aliphatic carbocycles. The molecule has 0 unspecified atom stereocenters. The van der Waals surface area contributed by atoms with Crippen molar-refractivity contribution in [2.45, 2.75) is 20.3 Å². The molecule has 0 atom stereocenters. The number of nitrogens with zero attached hydrogens (tertiary/aromatic N) is 2. The predicted molar refractivity (Wildman–Crippen MR) is 69.8 cm³/mol. The maximum atomic E-state index is 5.66. The van der Waals surface area contributed by atoms with E-state index < -0.39 is 0 Å². The number of anilines is 2. The number of hydrogen-bond acceptors (Lipinski definition) is 5. The normalized spacial score (nSPS) is 11.2. The fourth-order valence-corrected chi connectivity index (χ4v) is 2.26. The number of fused-ring (bicyclic) bond motifs is 1. The van der Waals surface area contributed by atoms with Crippen LogP contribution in [0, 0.1) is 5.92 Å². The molecule has 0 bridgehead atoms. The Morgan fingerprint density at radius 3 is 3.00 bits per heavy atom. The van der Waals surface area contributed by atoms with Crippen molar-refractivity contribution in [2.75, 3.05) is 17.6 Å². The molecular formula is C11H16N4S. The fraction of sp³-hybridized carbons (Fsp3) is 0.455. The molecule has 0 saturated carbocycles. The summed E-state index contributed by atoms with van der Waals surface area (Å²) >= 11 is 1.58. The Balaban J connectivity index is 2.19. The van der Waals surface area contributed by atoms with Gasteiger partial charge in [0.05, 0.1) is 5.39 Å². The molecule has 2 heterocycles. The van der Waals surface area contributed by atoms with Crippen molar-refractivity contribution in [3.05, 3.63) is 11.4 Å². The molecule has 4 nitrogen and oxygen atoms in total. The molecule has 5 heteroatoms. The highest BCUT2D eigenvalue weighted by atomic mass is 32.1. The minimum absolute atomic E-state index is 0.335. The first-order valence-electron chi connectivity index (χ1n) is 5.41. The molecule has 86 valence electrons. The maximum absolute atomic E-state index is 5.66. The zero-order valence-corrected chi connectivity index (χ0v) is 10.3. The van der Waals surface area contributed by atoms with Crippen molar-refractivity contribution in [1.29, 1.82) is 0 Å². The fourth-order valence-electron chi connectivity index (χ4n) is 1.49. The predicted octanol–water partition coefficient (Wildman–Crippen LogP) is 2.73.